The first-order valence-corrected chi connectivity index (χ1v) is 8.05. The van der Waals surface area contributed by atoms with E-state index in [9.17, 15) is 4.79 Å². The monoisotopic (exact) mass is 296 g/mol. The zero-order valence-corrected chi connectivity index (χ0v) is 13.5. The number of carbonyl (C=O) groups excluding carboxylic acids is 1. The fourth-order valence-corrected chi connectivity index (χ4v) is 3.70. The second kappa shape index (κ2) is 7.78. The van der Waals surface area contributed by atoms with Crippen LogP contribution in [0.1, 0.15) is 39.0 Å². The van der Waals surface area contributed by atoms with Crippen molar-refractivity contribution in [3.05, 3.63) is 0 Å². The minimum absolute atomic E-state index is 0.0461. The molecule has 1 aliphatic carbocycles. The lowest BCUT2D eigenvalue weighted by Gasteiger charge is -2.24. The average molecular weight is 296 g/mol. The molecule has 0 aromatic carbocycles. The largest absolute Gasteiger partial charge is 0.469 e. The van der Waals surface area contributed by atoms with E-state index in [0.717, 1.165) is 38.8 Å². The predicted molar refractivity (Wildman–Crippen MR) is 82.1 cm³/mol. The van der Waals surface area contributed by atoms with Crippen LogP contribution < -0.4 is 0 Å². The Balaban J connectivity index is 1.92. The summed E-state index contributed by atoms with van der Waals surface area (Å²) < 4.78 is 10.2. The lowest BCUT2D eigenvalue weighted by Crippen LogP contribution is -2.30. The Hall–Kier alpha value is -1.10. The maximum atomic E-state index is 11.8. The summed E-state index contributed by atoms with van der Waals surface area (Å²) in [5.41, 5.74) is 0. The number of methoxy groups -OCH3 is 2. The lowest BCUT2D eigenvalue weighted by molar-refractivity contribution is -0.147. The highest BCUT2D eigenvalue weighted by Crippen LogP contribution is 2.37. The molecule has 0 aromatic heterocycles. The maximum absolute atomic E-state index is 11.8. The van der Waals surface area contributed by atoms with E-state index in [4.69, 9.17) is 9.47 Å². The zero-order valence-electron chi connectivity index (χ0n) is 13.5. The number of ether oxygens (including phenoxy) is 2. The molecule has 0 aromatic rings. The van der Waals surface area contributed by atoms with Gasteiger partial charge in [0.25, 0.3) is 0 Å². The van der Waals surface area contributed by atoms with Gasteiger partial charge in [0, 0.05) is 19.9 Å². The van der Waals surface area contributed by atoms with Gasteiger partial charge in [0.1, 0.15) is 0 Å². The topological polar surface area (TPSA) is 51.1 Å². The third kappa shape index (κ3) is 3.96. The van der Waals surface area contributed by atoms with Crippen LogP contribution in [0.5, 0.6) is 0 Å². The summed E-state index contributed by atoms with van der Waals surface area (Å²) in [7, 11) is 3.22. The van der Waals surface area contributed by atoms with Crippen LogP contribution in [0, 0.1) is 17.8 Å². The van der Waals surface area contributed by atoms with Crippen LogP contribution >= 0.6 is 0 Å². The number of hydrogen-bond acceptors (Lipinski definition) is 5. The fourth-order valence-electron chi connectivity index (χ4n) is 3.70. The molecule has 2 aliphatic rings. The first kappa shape index (κ1) is 16.3. The van der Waals surface area contributed by atoms with Crippen molar-refractivity contribution in [3.63, 3.8) is 0 Å². The van der Waals surface area contributed by atoms with Gasteiger partial charge < -0.3 is 9.47 Å². The molecular formula is C16H28N2O3. The van der Waals surface area contributed by atoms with Gasteiger partial charge >= 0.3 is 5.97 Å². The molecule has 21 heavy (non-hydrogen) atoms. The third-order valence-electron chi connectivity index (χ3n) is 4.90. The van der Waals surface area contributed by atoms with Gasteiger partial charge in [-0.25, -0.2) is 0 Å². The van der Waals surface area contributed by atoms with Gasteiger partial charge in [0.05, 0.1) is 25.7 Å². The first-order chi connectivity index (χ1) is 10.2. The molecule has 2 rings (SSSR count). The van der Waals surface area contributed by atoms with E-state index in [0.29, 0.717) is 17.9 Å². The summed E-state index contributed by atoms with van der Waals surface area (Å²) in [6, 6.07) is 0.401. The van der Waals surface area contributed by atoms with Crippen LogP contribution in [0.2, 0.25) is 0 Å². The summed E-state index contributed by atoms with van der Waals surface area (Å²) in [6.45, 7) is 3.90. The Morgan fingerprint density at radius 1 is 1.33 bits per heavy atom. The van der Waals surface area contributed by atoms with Crippen molar-refractivity contribution < 1.29 is 14.3 Å². The quantitative estimate of drug-likeness (QED) is 0.557. The van der Waals surface area contributed by atoms with Crippen molar-refractivity contribution in [2.24, 2.45) is 22.9 Å². The van der Waals surface area contributed by atoms with Crippen molar-refractivity contribution in [2.45, 2.75) is 45.1 Å². The normalized spacial score (nSPS) is 31.0. The summed E-state index contributed by atoms with van der Waals surface area (Å²) in [5, 5.41) is 6.80. The van der Waals surface area contributed by atoms with Gasteiger partial charge in [-0.1, -0.05) is 13.3 Å². The Bertz CT molecular complexity index is 373. The third-order valence-corrected chi connectivity index (χ3v) is 4.90. The van der Waals surface area contributed by atoms with Crippen molar-refractivity contribution in [1.29, 1.82) is 0 Å². The van der Waals surface area contributed by atoms with Crippen molar-refractivity contribution in [3.8, 4) is 0 Å². The Morgan fingerprint density at radius 3 is 2.86 bits per heavy atom. The van der Waals surface area contributed by atoms with Crippen LogP contribution in [0.3, 0.4) is 0 Å². The van der Waals surface area contributed by atoms with E-state index in [2.05, 4.69) is 17.0 Å². The molecule has 1 saturated carbocycles. The van der Waals surface area contributed by atoms with Gasteiger partial charge in [-0.15, -0.1) is 0 Å². The van der Waals surface area contributed by atoms with Crippen LogP contribution in [0.25, 0.3) is 0 Å². The summed E-state index contributed by atoms with van der Waals surface area (Å²) in [5.74, 6) is 0.658. The Kier molecular flexibility index (Phi) is 6.03. The number of esters is 1. The SMILES string of the molecule is COC[C@H]1CCCN1/N=C/[C@@H](C)[C@H]1CCC[C@@H]1C(=O)OC. The van der Waals surface area contributed by atoms with Crippen LogP contribution in [-0.4, -0.2) is 50.6 Å². The number of hydrogen-bond donors (Lipinski definition) is 0. The first-order valence-electron chi connectivity index (χ1n) is 8.05. The smallest absolute Gasteiger partial charge is 0.308 e. The molecule has 0 unspecified atom stereocenters. The average Bonchev–Trinajstić information content (AvgIpc) is 3.13. The summed E-state index contributed by atoms with van der Waals surface area (Å²) >= 11 is 0. The minimum atomic E-state index is -0.0591. The molecular weight excluding hydrogens is 268 g/mol. The van der Waals surface area contributed by atoms with Crippen LogP contribution in [0.4, 0.5) is 0 Å². The summed E-state index contributed by atoms with van der Waals surface area (Å²) in [6.07, 6.45) is 7.50. The molecule has 4 atom stereocenters. The van der Waals surface area contributed by atoms with Crippen molar-refractivity contribution in [2.75, 3.05) is 27.4 Å². The molecule has 1 heterocycles. The van der Waals surface area contributed by atoms with Gasteiger partial charge in [-0.05, 0) is 37.5 Å². The highest BCUT2D eigenvalue weighted by molar-refractivity contribution is 5.74. The molecule has 0 amide bonds. The standard InChI is InChI=1S/C16H28N2O3/c1-12(14-7-4-8-15(14)16(19)21-3)10-17-18-9-5-6-13(18)11-20-2/h10,12-15H,4-9,11H2,1-3H3/b17-10+/t12-,13-,14-,15+/m1/s1. The predicted octanol–water partition coefficient (Wildman–Crippen LogP) is 2.31. The van der Waals surface area contributed by atoms with E-state index in [-0.39, 0.29) is 11.9 Å². The number of rotatable bonds is 6. The number of hydrazone groups is 1. The zero-order chi connectivity index (χ0) is 15.2. The van der Waals surface area contributed by atoms with Crippen molar-refractivity contribution in [1.82, 2.24) is 5.01 Å². The lowest BCUT2D eigenvalue weighted by atomic mass is 9.85. The maximum Gasteiger partial charge on any atom is 0.308 e. The second-order valence-corrected chi connectivity index (χ2v) is 6.26. The molecule has 0 radical (unpaired) electrons. The van der Waals surface area contributed by atoms with E-state index in [1.54, 1.807) is 7.11 Å². The van der Waals surface area contributed by atoms with E-state index in [1.807, 2.05) is 6.21 Å². The van der Waals surface area contributed by atoms with Gasteiger partial charge in [-0.3, -0.25) is 9.80 Å². The number of nitrogens with zero attached hydrogens (tertiary/aromatic N) is 2. The molecule has 0 bridgehead atoms. The number of carbonyl (C=O) groups is 1. The Morgan fingerprint density at radius 2 is 2.14 bits per heavy atom. The highest BCUT2D eigenvalue weighted by Gasteiger charge is 2.36. The molecule has 2 fully saturated rings. The second-order valence-electron chi connectivity index (χ2n) is 6.26. The van der Waals surface area contributed by atoms with E-state index in [1.165, 1.54) is 13.5 Å². The molecule has 5 nitrogen and oxygen atoms in total. The molecule has 0 N–H and O–H groups in total. The molecule has 120 valence electrons. The summed E-state index contributed by atoms with van der Waals surface area (Å²) in [4.78, 5) is 11.8. The minimum Gasteiger partial charge on any atom is -0.469 e. The molecule has 1 aliphatic heterocycles. The van der Waals surface area contributed by atoms with E-state index < -0.39 is 0 Å². The van der Waals surface area contributed by atoms with Crippen LogP contribution in [0.15, 0.2) is 5.10 Å². The van der Waals surface area contributed by atoms with Crippen LogP contribution in [-0.2, 0) is 14.3 Å². The van der Waals surface area contributed by atoms with Crippen molar-refractivity contribution >= 4 is 12.2 Å². The fraction of sp³-hybridized carbons (Fsp3) is 0.875. The van der Waals surface area contributed by atoms with Gasteiger partial charge in [-0.2, -0.15) is 5.10 Å². The van der Waals surface area contributed by atoms with E-state index >= 15 is 0 Å². The molecule has 5 heteroatoms. The van der Waals surface area contributed by atoms with Gasteiger partial charge in [0.15, 0.2) is 0 Å². The van der Waals surface area contributed by atoms with Gasteiger partial charge in [0.2, 0.25) is 0 Å². The molecule has 1 saturated heterocycles. The highest BCUT2D eigenvalue weighted by atomic mass is 16.5. The Labute approximate surface area is 127 Å². The molecule has 0 spiro atoms.